The summed E-state index contributed by atoms with van der Waals surface area (Å²) >= 11 is 1.56. The van der Waals surface area contributed by atoms with E-state index in [1.165, 1.54) is 4.90 Å². The third-order valence-corrected chi connectivity index (χ3v) is 3.78. The Hall–Kier alpha value is -2.15. The van der Waals surface area contributed by atoms with Crippen LogP contribution in [-0.4, -0.2) is 41.5 Å². The molecule has 2 aromatic rings. The molecule has 0 aliphatic rings. The highest BCUT2D eigenvalue weighted by molar-refractivity contribution is 7.09. The van der Waals surface area contributed by atoms with Gasteiger partial charge in [0, 0.05) is 38.1 Å². The second-order valence-electron chi connectivity index (χ2n) is 5.03. The first-order valence-electron chi connectivity index (χ1n) is 6.98. The van der Waals surface area contributed by atoms with Crippen molar-refractivity contribution in [1.82, 2.24) is 20.2 Å². The topological polar surface area (TPSA) is 67.3 Å². The van der Waals surface area contributed by atoms with E-state index in [1.54, 1.807) is 31.6 Å². The van der Waals surface area contributed by atoms with Crippen LogP contribution in [0.15, 0.2) is 23.7 Å². The number of aromatic nitrogens is 2. The second kappa shape index (κ2) is 7.74. The number of rotatable bonds is 6. The number of nitrogens with zero attached hydrogens (tertiary/aromatic N) is 3. The van der Waals surface area contributed by atoms with Crippen LogP contribution in [0, 0.1) is 6.92 Å². The number of hydrogen-bond donors (Lipinski definition) is 1. The highest BCUT2D eigenvalue weighted by Gasteiger charge is 2.05. The van der Waals surface area contributed by atoms with Crippen LogP contribution in [0.5, 0.6) is 5.75 Å². The van der Waals surface area contributed by atoms with Gasteiger partial charge in [0.15, 0.2) is 0 Å². The molecule has 2 heterocycles. The number of carbonyl (C=O) groups excluding carboxylic acids is 1. The lowest BCUT2D eigenvalue weighted by atomic mass is 10.3. The molecule has 2 aromatic heterocycles. The van der Waals surface area contributed by atoms with Gasteiger partial charge in [-0.25, -0.2) is 9.78 Å². The Labute approximate surface area is 134 Å². The molecule has 0 atom stereocenters. The smallest absolute Gasteiger partial charge is 0.316 e. The summed E-state index contributed by atoms with van der Waals surface area (Å²) in [5.74, 6) is 0.737. The number of aryl methyl sites for hydroxylation is 1. The average molecular weight is 320 g/mol. The first kappa shape index (κ1) is 16.2. The van der Waals surface area contributed by atoms with E-state index >= 15 is 0 Å². The standard InChI is InChI=1S/C15H20N4O2S/c1-11-4-5-13(8-17-11)21-9-14-18-12(10-22-14)6-7-16-15(20)19(2)3/h4-5,8,10H,6-7,9H2,1-3H3,(H,16,20). The fraction of sp³-hybridized carbons (Fsp3) is 0.400. The minimum atomic E-state index is -0.0920. The number of carbonyl (C=O) groups is 1. The molecule has 118 valence electrons. The fourth-order valence-electron chi connectivity index (χ4n) is 1.67. The Morgan fingerprint density at radius 2 is 2.23 bits per heavy atom. The number of nitrogens with one attached hydrogen (secondary N) is 1. The maximum absolute atomic E-state index is 11.4. The van der Waals surface area contributed by atoms with Crippen LogP contribution in [0.25, 0.3) is 0 Å². The molecule has 22 heavy (non-hydrogen) atoms. The first-order chi connectivity index (χ1) is 10.5. The lowest BCUT2D eigenvalue weighted by molar-refractivity contribution is 0.217. The number of hydrogen-bond acceptors (Lipinski definition) is 5. The van der Waals surface area contributed by atoms with Crippen molar-refractivity contribution in [2.45, 2.75) is 20.0 Å². The zero-order valence-corrected chi connectivity index (χ0v) is 13.8. The molecule has 0 bridgehead atoms. The quantitative estimate of drug-likeness (QED) is 0.886. The van der Waals surface area contributed by atoms with E-state index in [0.717, 1.165) is 22.1 Å². The van der Waals surface area contributed by atoms with Crippen LogP contribution >= 0.6 is 11.3 Å². The van der Waals surface area contributed by atoms with Crippen LogP contribution in [0.3, 0.4) is 0 Å². The molecule has 0 unspecified atom stereocenters. The summed E-state index contributed by atoms with van der Waals surface area (Å²) in [5, 5.41) is 5.72. The van der Waals surface area contributed by atoms with Crippen molar-refractivity contribution in [1.29, 1.82) is 0 Å². The monoisotopic (exact) mass is 320 g/mol. The number of urea groups is 1. The summed E-state index contributed by atoms with van der Waals surface area (Å²) in [4.78, 5) is 21.6. The summed E-state index contributed by atoms with van der Waals surface area (Å²) in [6.45, 7) is 2.94. The number of thiazole rings is 1. The Morgan fingerprint density at radius 1 is 1.41 bits per heavy atom. The van der Waals surface area contributed by atoms with Gasteiger partial charge in [-0.05, 0) is 19.1 Å². The van der Waals surface area contributed by atoms with Crippen LogP contribution in [0.1, 0.15) is 16.4 Å². The molecule has 6 nitrogen and oxygen atoms in total. The van der Waals surface area contributed by atoms with E-state index in [9.17, 15) is 4.79 Å². The Balaban J connectivity index is 1.76. The maximum atomic E-state index is 11.4. The lowest BCUT2D eigenvalue weighted by Crippen LogP contribution is -2.35. The molecular formula is C15H20N4O2S. The van der Waals surface area contributed by atoms with Crippen molar-refractivity contribution in [2.75, 3.05) is 20.6 Å². The Kier molecular flexibility index (Phi) is 5.71. The molecule has 7 heteroatoms. The van der Waals surface area contributed by atoms with Gasteiger partial charge in [-0.15, -0.1) is 11.3 Å². The van der Waals surface area contributed by atoms with Crippen molar-refractivity contribution >= 4 is 17.4 Å². The zero-order valence-electron chi connectivity index (χ0n) is 13.0. The zero-order chi connectivity index (χ0) is 15.9. The van der Waals surface area contributed by atoms with Crippen molar-refractivity contribution in [3.63, 3.8) is 0 Å². The number of amides is 2. The summed E-state index contributed by atoms with van der Waals surface area (Å²) in [7, 11) is 3.43. The molecule has 2 amide bonds. The molecule has 0 aromatic carbocycles. The van der Waals surface area contributed by atoms with Gasteiger partial charge in [-0.3, -0.25) is 4.98 Å². The van der Waals surface area contributed by atoms with Gasteiger partial charge in [-0.2, -0.15) is 0 Å². The molecule has 2 rings (SSSR count). The second-order valence-corrected chi connectivity index (χ2v) is 5.98. The molecule has 0 radical (unpaired) electrons. The molecule has 0 saturated carbocycles. The third kappa shape index (κ3) is 5.00. The van der Waals surface area contributed by atoms with E-state index in [2.05, 4.69) is 15.3 Å². The minimum Gasteiger partial charge on any atom is -0.485 e. The SMILES string of the molecule is Cc1ccc(OCc2nc(CCNC(=O)N(C)C)cs2)cn1. The summed E-state index contributed by atoms with van der Waals surface area (Å²) < 4.78 is 5.64. The molecule has 1 N–H and O–H groups in total. The van der Waals surface area contributed by atoms with Gasteiger partial charge >= 0.3 is 6.03 Å². The highest BCUT2D eigenvalue weighted by atomic mass is 32.1. The van der Waals surface area contributed by atoms with Gasteiger partial charge in [0.05, 0.1) is 11.9 Å². The minimum absolute atomic E-state index is 0.0920. The van der Waals surface area contributed by atoms with Crippen LogP contribution in [-0.2, 0) is 13.0 Å². The highest BCUT2D eigenvalue weighted by Crippen LogP contribution is 2.15. The van der Waals surface area contributed by atoms with Gasteiger partial charge in [0.2, 0.25) is 0 Å². The number of ether oxygens (including phenoxy) is 1. The molecule has 0 aliphatic carbocycles. The van der Waals surface area contributed by atoms with Crippen LogP contribution in [0.2, 0.25) is 0 Å². The summed E-state index contributed by atoms with van der Waals surface area (Å²) in [6, 6.07) is 3.72. The predicted octanol–water partition coefficient (Wildman–Crippen LogP) is 2.24. The molecule has 0 spiro atoms. The van der Waals surface area contributed by atoms with Gasteiger partial charge in [-0.1, -0.05) is 0 Å². The largest absolute Gasteiger partial charge is 0.485 e. The summed E-state index contributed by atoms with van der Waals surface area (Å²) in [6.07, 6.45) is 2.42. The van der Waals surface area contributed by atoms with Crippen LogP contribution in [0.4, 0.5) is 4.79 Å². The average Bonchev–Trinajstić information content (AvgIpc) is 2.94. The van der Waals surface area contributed by atoms with Crippen molar-refractivity contribution in [2.24, 2.45) is 0 Å². The van der Waals surface area contributed by atoms with E-state index in [0.29, 0.717) is 19.6 Å². The normalized spacial score (nSPS) is 10.3. The Morgan fingerprint density at radius 3 is 2.91 bits per heavy atom. The van der Waals surface area contributed by atoms with Crippen molar-refractivity contribution < 1.29 is 9.53 Å². The number of pyridine rings is 1. The van der Waals surface area contributed by atoms with Gasteiger partial charge in [0.25, 0.3) is 0 Å². The third-order valence-electron chi connectivity index (χ3n) is 2.91. The fourth-order valence-corrected chi connectivity index (χ4v) is 2.41. The lowest BCUT2D eigenvalue weighted by Gasteiger charge is -2.10. The molecule has 0 saturated heterocycles. The molecule has 0 aliphatic heterocycles. The Bertz CT molecular complexity index is 610. The predicted molar refractivity (Wildman–Crippen MR) is 86.2 cm³/mol. The van der Waals surface area contributed by atoms with Crippen molar-refractivity contribution in [3.05, 3.63) is 40.1 Å². The van der Waals surface area contributed by atoms with Crippen LogP contribution < -0.4 is 10.1 Å². The molecular weight excluding hydrogens is 300 g/mol. The van der Waals surface area contributed by atoms with Gasteiger partial charge in [0.1, 0.15) is 17.4 Å². The molecule has 0 fully saturated rings. The first-order valence-corrected chi connectivity index (χ1v) is 7.86. The van der Waals surface area contributed by atoms with E-state index in [-0.39, 0.29) is 6.03 Å². The van der Waals surface area contributed by atoms with E-state index in [4.69, 9.17) is 4.74 Å². The van der Waals surface area contributed by atoms with E-state index in [1.807, 2.05) is 24.4 Å². The van der Waals surface area contributed by atoms with Crippen molar-refractivity contribution in [3.8, 4) is 5.75 Å². The summed E-state index contributed by atoms with van der Waals surface area (Å²) in [5.41, 5.74) is 1.92. The van der Waals surface area contributed by atoms with E-state index < -0.39 is 0 Å². The maximum Gasteiger partial charge on any atom is 0.316 e. The van der Waals surface area contributed by atoms with Gasteiger partial charge < -0.3 is 15.0 Å².